The first-order chi connectivity index (χ1) is 19.0. The van der Waals surface area contributed by atoms with Gasteiger partial charge in [0, 0.05) is 23.5 Å². The number of benzene rings is 2. The van der Waals surface area contributed by atoms with E-state index in [1.807, 2.05) is 0 Å². The SMILES string of the molecule is CC(C)(O)c1cc(OC(F)F)ncc1-c1ccc(C2(C(=O)Nc3ccc(F)cc3)COC2)cc1.O=C(O)C(F)(F)F. The van der Waals surface area contributed by atoms with Gasteiger partial charge in [0.05, 0.1) is 18.8 Å². The van der Waals surface area contributed by atoms with Crippen molar-refractivity contribution >= 4 is 17.6 Å². The molecule has 8 nitrogen and oxygen atoms in total. The Morgan fingerprint density at radius 2 is 1.61 bits per heavy atom. The van der Waals surface area contributed by atoms with Crippen LogP contribution in [0.15, 0.2) is 60.8 Å². The lowest BCUT2D eigenvalue weighted by Gasteiger charge is -2.40. The summed E-state index contributed by atoms with van der Waals surface area (Å²) in [6.45, 7) is 0.416. The maximum absolute atomic E-state index is 13.2. The van der Waals surface area contributed by atoms with Crippen molar-refractivity contribution in [3.8, 4) is 17.0 Å². The lowest BCUT2D eigenvalue weighted by molar-refractivity contribution is -0.192. The average Bonchev–Trinajstić information content (AvgIpc) is 2.84. The quantitative estimate of drug-likeness (QED) is 0.324. The normalized spacial score (nSPS) is 14.4. The number of aliphatic carboxylic acids is 1. The molecule has 0 aliphatic carbocycles. The number of hydrogen-bond acceptors (Lipinski definition) is 6. The molecule has 0 unspecified atom stereocenters. The molecule has 3 N–H and O–H groups in total. The highest BCUT2D eigenvalue weighted by atomic mass is 19.4. The molecule has 2 aromatic carbocycles. The Balaban J connectivity index is 0.000000587. The number of carbonyl (C=O) groups is 2. The molecule has 220 valence electrons. The molecule has 0 saturated carbocycles. The largest absolute Gasteiger partial charge is 0.490 e. The fourth-order valence-corrected chi connectivity index (χ4v) is 3.82. The molecule has 1 amide bonds. The minimum absolute atomic E-state index is 0.190. The number of carbonyl (C=O) groups excluding carboxylic acids is 1. The number of ether oxygens (including phenoxy) is 2. The molecule has 0 bridgehead atoms. The summed E-state index contributed by atoms with van der Waals surface area (Å²) in [6.07, 6.45) is -3.72. The molecular formula is C27H24F6N2O6. The zero-order chi connectivity index (χ0) is 30.6. The number of nitrogens with zero attached hydrogens (tertiary/aromatic N) is 1. The number of carboxylic acids is 1. The van der Waals surface area contributed by atoms with Gasteiger partial charge < -0.3 is 25.0 Å². The van der Waals surface area contributed by atoms with Gasteiger partial charge in [-0.05, 0) is 54.8 Å². The van der Waals surface area contributed by atoms with Crippen molar-refractivity contribution in [3.05, 3.63) is 77.7 Å². The minimum atomic E-state index is -5.08. The van der Waals surface area contributed by atoms with Crippen LogP contribution in [0.5, 0.6) is 5.88 Å². The van der Waals surface area contributed by atoms with Crippen LogP contribution in [0.3, 0.4) is 0 Å². The van der Waals surface area contributed by atoms with Crippen molar-refractivity contribution in [1.29, 1.82) is 0 Å². The molecule has 4 rings (SSSR count). The maximum Gasteiger partial charge on any atom is 0.490 e. The molecule has 41 heavy (non-hydrogen) atoms. The number of alkyl halides is 5. The second-order valence-corrected chi connectivity index (χ2v) is 9.42. The van der Waals surface area contributed by atoms with Crippen LogP contribution in [0.25, 0.3) is 11.1 Å². The molecule has 1 fully saturated rings. The summed E-state index contributed by atoms with van der Waals surface area (Å²) >= 11 is 0. The van der Waals surface area contributed by atoms with Crippen LogP contribution in [0.4, 0.5) is 32.0 Å². The van der Waals surface area contributed by atoms with Gasteiger partial charge in [-0.15, -0.1) is 0 Å². The lowest BCUT2D eigenvalue weighted by atomic mass is 9.77. The van der Waals surface area contributed by atoms with Gasteiger partial charge in [-0.3, -0.25) is 4.79 Å². The fraction of sp³-hybridized carbons (Fsp3) is 0.296. The molecule has 1 aliphatic heterocycles. The number of rotatable bonds is 7. The number of nitrogens with one attached hydrogen (secondary N) is 1. The molecule has 1 saturated heterocycles. The number of aliphatic hydroxyl groups is 1. The van der Waals surface area contributed by atoms with Crippen molar-refractivity contribution in [3.63, 3.8) is 0 Å². The Morgan fingerprint density at radius 1 is 1.05 bits per heavy atom. The summed E-state index contributed by atoms with van der Waals surface area (Å²) in [6, 6.07) is 13.9. The van der Waals surface area contributed by atoms with Crippen LogP contribution in [0.2, 0.25) is 0 Å². The molecule has 0 spiro atoms. The second-order valence-electron chi connectivity index (χ2n) is 9.42. The van der Waals surface area contributed by atoms with Gasteiger partial charge in [-0.25, -0.2) is 14.2 Å². The minimum Gasteiger partial charge on any atom is -0.475 e. The second kappa shape index (κ2) is 12.1. The zero-order valence-electron chi connectivity index (χ0n) is 21.5. The molecule has 0 atom stereocenters. The molecule has 2 heterocycles. The summed E-state index contributed by atoms with van der Waals surface area (Å²) in [5.74, 6) is -3.72. The Hall–Kier alpha value is -4.17. The third-order valence-electron chi connectivity index (χ3n) is 5.97. The van der Waals surface area contributed by atoms with Crippen LogP contribution in [-0.4, -0.2) is 53.1 Å². The van der Waals surface area contributed by atoms with Gasteiger partial charge in [0.2, 0.25) is 11.8 Å². The van der Waals surface area contributed by atoms with Crippen molar-refractivity contribution < 1.29 is 55.6 Å². The summed E-state index contributed by atoms with van der Waals surface area (Å²) in [5.41, 5.74) is 0.510. The predicted octanol–water partition coefficient (Wildman–Crippen LogP) is 5.26. The third kappa shape index (κ3) is 7.73. The standard InChI is InChI=1S/C25H23F3N2O4.C2HF3O2/c1-24(2,32)20-11-21(34-23(27)28)29-12-19(20)15-3-5-16(6-4-15)25(13-33-14-25)22(31)30-18-9-7-17(26)8-10-18;3-2(4,5)1(6)7/h3-12,23,32H,13-14H2,1-2H3,(H,30,31);(H,6,7). The van der Waals surface area contributed by atoms with Crippen LogP contribution >= 0.6 is 0 Å². The number of carboxylic acid groups (broad SMARTS) is 1. The zero-order valence-corrected chi connectivity index (χ0v) is 21.5. The molecule has 0 radical (unpaired) electrons. The van der Waals surface area contributed by atoms with Crippen molar-refractivity contribution in [2.45, 2.75) is 37.7 Å². The molecule has 3 aromatic rings. The van der Waals surface area contributed by atoms with Gasteiger partial charge in [0.15, 0.2) is 0 Å². The Labute approximate surface area is 229 Å². The Morgan fingerprint density at radius 3 is 2.05 bits per heavy atom. The monoisotopic (exact) mass is 586 g/mol. The smallest absolute Gasteiger partial charge is 0.475 e. The topological polar surface area (TPSA) is 118 Å². The molecule has 14 heteroatoms. The van der Waals surface area contributed by atoms with Gasteiger partial charge >= 0.3 is 18.8 Å². The molecule has 1 aromatic heterocycles. The van der Waals surface area contributed by atoms with E-state index in [2.05, 4.69) is 15.0 Å². The van der Waals surface area contributed by atoms with Crippen LogP contribution in [0, 0.1) is 5.82 Å². The molecular weight excluding hydrogens is 562 g/mol. The molecule has 1 aliphatic rings. The highest BCUT2D eigenvalue weighted by molar-refractivity contribution is 6.00. The van der Waals surface area contributed by atoms with Gasteiger partial charge in [0.25, 0.3) is 0 Å². The van der Waals surface area contributed by atoms with Crippen molar-refractivity contribution in [1.82, 2.24) is 4.98 Å². The van der Waals surface area contributed by atoms with Crippen molar-refractivity contribution in [2.75, 3.05) is 18.5 Å². The first-order valence-electron chi connectivity index (χ1n) is 11.8. The number of halogens is 6. The Bertz CT molecular complexity index is 1370. The van der Waals surface area contributed by atoms with Gasteiger partial charge in [-0.2, -0.15) is 22.0 Å². The van der Waals surface area contributed by atoms with Gasteiger partial charge in [0.1, 0.15) is 11.2 Å². The van der Waals surface area contributed by atoms with Crippen LogP contribution in [0.1, 0.15) is 25.0 Å². The van der Waals surface area contributed by atoms with E-state index < -0.39 is 35.6 Å². The number of pyridine rings is 1. The average molecular weight is 586 g/mol. The van der Waals surface area contributed by atoms with E-state index in [-0.39, 0.29) is 25.0 Å². The van der Waals surface area contributed by atoms with E-state index in [9.17, 15) is 36.2 Å². The Kier molecular flexibility index (Phi) is 9.29. The summed E-state index contributed by atoms with van der Waals surface area (Å²) in [5, 5.41) is 20.5. The van der Waals surface area contributed by atoms with E-state index in [0.717, 1.165) is 5.56 Å². The first-order valence-corrected chi connectivity index (χ1v) is 11.8. The summed E-state index contributed by atoms with van der Waals surface area (Å²) in [7, 11) is 0. The van der Waals surface area contributed by atoms with E-state index >= 15 is 0 Å². The summed E-state index contributed by atoms with van der Waals surface area (Å²) < 4.78 is 79.8. The number of hydrogen-bond donors (Lipinski definition) is 3. The number of amides is 1. The first kappa shape index (κ1) is 31.4. The highest BCUT2D eigenvalue weighted by Crippen LogP contribution is 2.37. The van der Waals surface area contributed by atoms with E-state index in [1.165, 1.54) is 50.4 Å². The number of anilines is 1. The maximum atomic E-state index is 13.2. The van der Waals surface area contributed by atoms with Crippen LogP contribution in [-0.2, 0) is 25.3 Å². The van der Waals surface area contributed by atoms with Gasteiger partial charge in [-0.1, -0.05) is 24.3 Å². The fourth-order valence-electron chi connectivity index (χ4n) is 3.82. The summed E-state index contributed by atoms with van der Waals surface area (Å²) in [4.78, 5) is 25.9. The lowest BCUT2D eigenvalue weighted by Crippen LogP contribution is -2.55. The highest BCUT2D eigenvalue weighted by Gasteiger charge is 2.47. The third-order valence-corrected chi connectivity index (χ3v) is 5.97. The van der Waals surface area contributed by atoms with E-state index in [0.29, 0.717) is 22.4 Å². The van der Waals surface area contributed by atoms with Crippen LogP contribution < -0.4 is 10.1 Å². The van der Waals surface area contributed by atoms with E-state index in [1.54, 1.807) is 24.3 Å². The van der Waals surface area contributed by atoms with E-state index in [4.69, 9.17) is 14.6 Å². The predicted molar refractivity (Wildman–Crippen MR) is 133 cm³/mol. The van der Waals surface area contributed by atoms with Crippen molar-refractivity contribution in [2.24, 2.45) is 0 Å². The number of aromatic nitrogens is 1.